The Kier molecular flexibility index (Phi) is 5.50. The Morgan fingerprint density at radius 1 is 1.00 bits per heavy atom. The Morgan fingerprint density at radius 2 is 1.83 bits per heavy atom. The van der Waals surface area contributed by atoms with Gasteiger partial charge in [0.15, 0.2) is 0 Å². The minimum atomic E-state index is -4.55. The van der Waals surface area contributed by atoms with Crippen LogP contribution < -0.4 is 10.4 Å². The minimum Gasteiger partial charge on any atom is -0.489 e. The monoisotopic (exact) mass is 482 g/mol. The summed E-state index contributed by atoms with van der Waals surface area (Å²) in [4.78, 5) is 21.7. The summed E-state index contributed by atoms with van der Waals surface area (Å²) >= 11 is 0. The zero-order chi connectivity index (χ0) is 24.7. The van der Waals surface area contributed by atoms with Gasteiger partial charge in [-0.3, -0.25) is 19.1 Å². The van der Waals surface area contributed by atoms with Crippen molar-refractivity contribution in [2.75, 3.05) is 13.3 Å². The molecule has 178 valence electrons. The van der Waals surface area contributed by atoms with Gasteiger partial charge in [-0.05, 0) is 42.0 Å². The zero-order valence-corrected chi connectivity index (χ0v) is 18.4. The molecule has 0 unspecified atom stereocenters. The SMILES string of the molecule is Cn1c(=O)n(-c2cccc(C(F)(F)F)c2)c2c3cc(-c4cncc(OCCF)c4)ccc3ncc21. The topological polar surface area (TPSA) is 61.9 Å². The second-order valence-electron chi connectivity index (χ2n) is 7.90. The average molecular weight is 482 g/mol. The third-order valence-corrected chi connectivity index (χ3v) is 5.71. The van der Waals surface area contributed by atoms with Crippen molar-refractivity contribution >= 4 is 21.9 Å². The molecule has 5 aromatic rings. The fourth-order valence-corrected chi connectivity index (χ4v) is 4.05. The van der Waals surface area contributed by atoms with Crippen molar-refractivity contribution in [1.29, 1.82) is 0 Å². The standard InChI is InChI=1S/C25H18F4N4O2/c1-32-22-14-31-21-6-5-15(16-9-19(13-30-12-16)35-8-7-26)10-20(21)23(22)33(24(32)34)18-4-2-3-17(11-18)25(27,28)29/h2-6,9-14H,7-8H2,1H3. The number of hydrogen-bond acceptors (Lipinski definition) is 4. The highest BCUT2D eigenvalue weighted by molar-refractivity contribution is 6.04. The molecule has 0 fully saturated rings. The molecule has 0 aliphatic carbocycles. The number of fused-ring (bicyclic) bond motifs is 3. The minimum absolute atomic E-state index is 0.0941. The van der Waals surface area contributed by atoms with Crippen LogP contribution in [0.15, 0.2) is 71.9 Å². The van der Waals surface area contributed by atoms with E-state index >= 15 is 0 Å². The molecular weight excluding hydrogens is 464 g/mol. The molecule has 0 amide bonds. The summed E-state index contributed by atoms with van der Waals surface area (Å²) in [5, 5.41) is 0.574. The summed E-state index contributed by atoms with van der Waals surface area (Å²) in [6.45, 7) is -0.731. The second-order valence-corrected chi connectivity index (χ2v) is 7.90. The van der Waals surface area contributed by atoms with Crippen molar-refractivity contribution in [1.82, 2.24) is 19.1 Å². The van der Waals surface area contributed by atoms with Crippen LogP contribution in [0.1, 0.15) is 5.56 Å². The maximum atomic E-state index is 13.4. The van der Waals surface area contributed by atoms with Gasteiger partial charge < -0.3 is 4.74 Å². The number of benzene rings is 2. The Bertz CT molecular complexity index is 1620. The Labute approximate surface area is 196 Å². The lowest BCUT2D eigenvalue weighted by molar-refractivity contribution is -0.137. The molecule has 0 spiro atoms. The molecule has 0 saturated carbocycles. The summed E-state index contributed by atoms with van der Waals surface area (Å²) < 4.78 is 60.5. The Balaban J connectivity index is 1.75. The van der Waals surface area contributed by atoms with Crippen LogP contribution in [-0.2, 0) is 13.2 Å². The fourth-order valence-electron chi connectivity index (χ4n) is 4.05. The van der Waals surface area contributed by atoms with Crippen molar-refractivity contribution in [3.63, 3.8) is 0 Å². The number of aryl methyl sites for hydroxylation is 1. The van der Waals surface area contributed by atoms with E-state index < -0.39 is 24.1 Å². The van der Waals surface area contributed by atoms with Crippen LogP contribution in [-0.4, -0.2) is 32.4 Å². The predicted octanol–water partition coefficient (Wildman–Crippen LogP) is 5.31. The number of aromatic nitrogens is 4. The molecular formula is C25H18F4N4O2. The summed E-state index contributed by atoms with van der Waals surface area (Å²) in [5.41, 5.74) is 1.61. The molecule has 6 nitrogen and oxygen atoms in total. The van der Waals surface area contributed by atoms with Crippen molar-refractivity contribution in [3.05, 3.63) is 83.2 Å². The van der Waals surface area contributed by atoms with Crippen LogP contribution in [0.25, 0.3) is 38.8 Å². The molecule has 0 radical (unpaired) electrons. The third kappa shape index (κ3) is 4.01. The third-order valence-electron chi connectivity index (χ3n) is 5.71. The summed E-state index contributed by atoms with van der Waals surface area (Å²) in [6, 6.07) is 11.7. The number of imidazole rings is 1. The predicted molar refractivity (Wildman–Crippen MR) is 124 cm³/mol. The van der Waals surface area contributed by atoms with E-state index in [0.29, 0.717) is 33.2 Å². The van der Waals surface area contributed by atoms with E-state index in [-0.39, 0.29) is 12.3 Å². The second kappa shape index (κ2) is 8.53. The van der Waals surface area contributed by atoms with E-state index in [1.807, 2.05) is 6.07 Å². The number of alkyl halides is 4. The molecule has 0 saturated heterocycles. The average Bonchev–Trinajstić information content (AvgIpc) is 3.12. The van der Waals surface area contributed by atoms with E-state index in [1.165, 1.54) is 33.7 Å². The van der Waals surface area contributed by atoms with Crippen molar-refractivity contribution in [3.8, 4) is 22.6 Å². The maximum absolute atomic E-state index is 13.4. The largest absolute Gasteiger partial charge is 0.489 e. The molecule has 3 heterocycles. The van der Waals surface area contributed by atoms with E-state index in [0.717, 1.165) is 17.7 Å². The number of pyridine rings is 2. The van der Waals surface area contributed by atoms with Gasteiger partial charge in [0.25, 0.3) is 0 Å². The highest BCUT2D eigenvalue weighted by Gasteiger charge is 2.31. The van der Waals surface area contributed by atoms with Gasteiger partial charge in [0.2, 0.25) is 0 Å². The fraction of sp³-hybridized carbons (Fsp3) is 0.160. The first kappa shape index (κ1) is 22.6. The summed E-state index contributed by atoms with van der Waals surface area (Å²) in [5.74, 6) is 0.400. The number of rotatable bonds is 5. The lowest BCUT2D eigenvalue weighted by Crippen LogP contribution is -2.21. The number of halogens is 4. The number of nitrogens with zero attached hydrogens (tertiary/aromatic N) is 4. The quantitative estimate of drug-likeness (QED) is 0.319. The van der Waals surface area contributed by atoms with Crippen molar-refractivity contribution in [2.24, 2.45) is 7.05 Å². The normalized spacial score (nSPS) is 11.9. The molecule has 35 heavy (non-hydrogen) atoms. The van der Waals surface area contributed by atoms with Gasteiger partial charge in [0.1, 0.15) is 19.0 Å². The summed E-state index contributed by atoms with van der Waals surface area (Å²) in [6.07, 6.45) is 0.0590. The van der Waals surface area contributed by atoms with Gasteiger partial charge in [0, 0.05) is 24.2 Å². The molecule has 0 bridgehead atoms. The Morgan fingerprint density at radius 3 is 2.60 bits per heavy atom. The number of hydrogen-bond donors (Lipinski definition) is 0. The van der Waals surface area contributed by atoms with Gasteiger partial charge in [0.05, 0.1) is 40.2 Å². The lowest BCUT2D eigenvalue weighted by atomic mass is 10.0. The summed E-state index contributed by atoms with van der Waals surface area (Å²) in [7, 11) is 1.54. The molecule has 3 aromatic heterocycles. The first-order chi connectivity index (χ1) is 16.8. The molecule has 5 rings (SSSR count). The van der Waals surface area contributed by atoms with Gasteiger partial charge >= 0.3 is 11.9 Å². The molecule has 0 aliphatic rings. The van der Waals surface area contributed by atoms with Gasteiger partial charge in [-0.2, -0.15) is 13.2 Å². The van der Waals surface area contributed by atoms with Crippen LogP contribution in [0.5, 0.6) is 5.75 Å². The molecule has 0 atom stereocenters. The smallest absolute Gasteiger partial charge is 0.416 e. The van der Waals surface area contributed by atoms with E-state index in [4.69, 9.17) is 4.74 Å². The molecule has 0 aliphatic heterocycles. The van der Waals surface area contributed by atoms with Crippen LogP contribution in [0.2, 0.25) is 0 Å². The van der Waals surface area contributed by atoms with Crippen LogP contribution in [0, 0.1) is 0 Å². The highest BCUT2D eigenvalue weighted by atomic mass is 19.4. The van der Waals surface area contributed by atoms with Crippen LogP contribution >= 0.6 is 0 Å². The van der Waals surface area contributed by atoms with Gasteiger partial charge in [-0.25, -0.2) is 9.18 Å². The Hall–Kier alpha value is -4.21. The van der Waals surface area contributed by atoms with Gasteiger partial charge in [-0.1, -0.05) is 12.1 Å². The maximum Gasteiger partial charge on any atom is 0.416 e. The first-order valence-corrected chi connectivity index (χ1v) is 10.6. The lowest BCUT2D eigenvalue weighted by Gasteiger charge is -2.11. The van der Waals surface area contributed by atoms with Crippen molar-refractivity contribution < 1.29 is 22.3 Å². The molecule has 0 N–H and O–H groups in total. The highest BCUT2D eigenvalue weighted by Crippen LogP contribution is 2.33. The van der Waals surface area contributed by atoms with Crippen LogP contribution in [0.4, 0.5) is 17.6 Å². The van der Waals surface area contributed by atoms with Crippen LogP contribution in [0.3, 0.4) is 0 Å². The van der Waals surface area contributed by atoms with E-state index in [2.05, 4.69) is 9.97 Å². The zero-order valence-electron chi connectivity index (χ0n) is 18.4. The van der Waals surface area contributed by atoms with Gasteiger partial charge in [-0.15, -0.1) is 0 Å². The molecule has 2 aromatic carbocycles. The number of ether oxygens (including phenoxy) is 1. The van der Waals surface area contributed by atoms with Crippen molar-refractivity contribution in [2.45, 2.75) is 6.18 Å². The molecule has 10 heteroatoms. The first-order valence-electron chi connectivity index (χ1n) is 10.6. The van der Waals surface area contributed by atoms with E-state index in [1.54, 1.807) is 31.4 Å². The van der Waals surface area contributed by atoms with E-state index in [9.17, 15) is 22.4 Å².